The van der Waals surface area contributed by atoms with Gasteiger partial charge in [-0.2, -0.15) is 0 Å². The predicted molar refractivity (Wildman–Crippen MR) is 123 cm³/mol. The second-order valence-electron chi connectivity index (χ2n) is 7.65. The number of amides is 2. The van der Waals surface area contributed by atoms with Crippen LogP contribution < -0.4 is 9.62 Å². The van der Waals surface area contributed by atoms with E-state index in [1.54, 1.807) is 19.1 Å². The van der Waals surface area contributed by atoms with E-state index in [1.165, 1.54) is 11.9 Å². The standard InChI is InChI=1S/C23H31N3O4S/c1-17-11-12-21(15-18(17)2)26(31(5,29)30)16-22(27)25(19(3)23(28)24-4)14-13-20-9-7-6-8-10-20/h6-12,15,19H,13-14,16H2,1-5H3,(H,24,28). The quantitative estimate of drug-likeness (QED) is 0.642. The number of anilines is 1. The number of aryl methyl sites for hydroxylation is 2. The highest BCUT2D eigenvalue weighted by Crippen LogP contribution is 2.21. The van der Waals surface area contributed by atoms with Gasteiger partial charge in [0.15, 0.2) is 0 Å². The SMILES string of the molecule is CNC(=O)C(C)N(CCc1ccccc1)C(=O)CN(c1ccc(C)c(C)c1)S(C)(=O)=O. The van der Waals surface area contributed by atoms with E-state index < -0.39 is 22.0 Å². The van der Waals surface area contributed by atoms with Gasteiger partial charge in [-0.1, -0.05) is 36.4 Å². The van der Waals surface area contributed by atoms with Crippen molar-refractivity contribution in [2.75, 3.05) is 30.7 Å². The number of carbonyl (C=O) groups excluding carboxylic acids is 2. The Kier molecular flexibility index (Phi) is 8.21. The summed E-state index contributed by atoms with van der Waals surface area (Å²) in [5, 5.41) is 2.56. The molecule has 8 heteroatoms. The molecular weight excluding hydrogens is 414 g/mol. The normalized spacial score (nSPS) is 12.2. The summed E-state index contributed by atoms with van der Waals surface area (Å²) in [5.74, 6) is -0.741. The molecule has 2 aromatic carbocycles. The molecule has 0 aliphatic heterocycles. The van der Waals surface area contributed by atoms with Crippen LogP contribution in [0.25, 0.3) is 0 Å². The summed E-state index contributed by atoms with van der Waals surface area (Å²) >= 11 is 0. The molecule has 1 unspecified atom stereocenters. The molecule has 0 saturated carbocycles. The predicted octanol–water partition coefficient (Wildman–Crippen LogP) is 2.28. The van der Waals surface area contributed by atoms with Gasteiger partial charge in [-0.3, -0.25) is 13.9 Å². The average Bonchev–Trinajstić information content (AvgIpc) is 2.73. The fourth-order valence-corrected chi connectivity index (χ4v) is 4.11. The summed E-state index contributed by atoms with van der Waals surface area (Å²) in [6, 6.07) is 14.2. The minimum atomic E-state index is -3.71. The number of likely N-dealkylation sites (N-methyl/N-ethyl adjacent to an activating group) is 1. The molecule has 0 radical (unpaired) electrons. The number of sulfonamides is 1. The molecule has 31 heavy (non-hydrogen) atoms. The number of nitrogens with one attached hydrogen (secondary N) is 1. The van der Waals surface area contributed by atoms with E-state index in [4.69, 9.17) is 0 Å². The van der Waals surface area contributed by atoms with Gasteiger partial charge in [0.2, 0.25) is 21.8 Å². The molecule has 2 aromatic rings. The molecule has 1 atom stereocenters. The minimum absolute atomic E-state index is 0.294. The first-order chi connectivity index (χ1) is 14.5. The Morgan fingerprint density at radius 3 is 2.23 bits per heavy atom. The van der Waals surface area contributed by atoms with E-state index in [2.05, 4.69) is 5.32 Å². The summed E-state index contributed by atoms with van der Waals surface area (Å²) in [5.41, 5.74) is 3.41. The van der Waals surface area contributed by atoms with Gasteiger partial charge in [-0.15, -0.1) is 0 Å². The van der Waals surface area contributed by atoms with Crippen molar-refractivity contribution in [1.29, 1.82) is 0 Å². The lowest BCUT2D eigenvalue weighted by Crippen LogP contribution is -2.51. The Balaban J connectivity index is 2.31. The van der Waals surface area contributed by atoms with Gasteiger partial charge >= 0.3 is 0 Å². The highest BCUT2D eigenvalue weighted by molar-refractivity contribution is 7.92. The fourth-order valence-electron chi connectivity index (χ4n) is 3.27. The van der Waals surface area contributed by atoms with Crippen LogP contribution in [0, 0.1) is 13.8 Å². The lowest BCUT2D eigenvalue weighted by atomic mass is 10.1. The zero-order valence-corrected chi connectivity index (χ0v) is 19.6. The second kappa shape index (κ2) is 10.4. The molecule has 0 aliphatic rings. The van der Waals surface area contributed by atoms with Crippen molar-refractivity contribution in [3.05, 3.63) is 65.2 Å². The first-order valence-corrected chi connectivity index (χ1v) is 12.0. The number of rotatable bonds is 9. The molecule has 0 aliphatic carbocycles. The zero-order valence-electron chi connectivity index (χ0n) is 18.8. The number of hydrogen-bond donors (Lipinski definition) is 1. The Morgan fingerprint density at radius 1 is 1.03 bits per heavy atom. The summed E-state index contributed by atoms with van der Waals surface area (Å²) < 4.78 is 26.1. The number of benzene rings is 2. The van der Waals surface area contributed by atoms with Crippen LogP contribution in [0.3, 0.4) is 0 Å². The average molecular weight is 446 g/mol. The summed E-state index contributed by atoms with van der Waals surface area (Å²) in [7, 11) is -2.20. The maximum Gasteiger partial charge on any atom is 0.244 e. The van der Waals surface area contributed by atoms with Crippen molar-refractivity contribution >= 4 is 27.5 Å². The van der Waals surface area contributed by atoms with E-state index in [1.807, 2.05) is 50.2 Å². The van der Waals surface area contributed by atoms with Crippen LogP contribution in [0.2, 0.25) is 0 Å². The van der Waals surface area contributed by atoms with Crippen LogP contribution in [0.15, 0.2) is 48.5 Å². The number of nitrogens with zero attached hydrogens (tertiary/aromatic N) is 2. The van der Waals surface area contributed by atoms with Crippen LogP contribution in [0.1, 0.15) is 23.6 Å². The minimum Gasteiger partial charge on any atom is -0.357 e. The third kappa shape index (κ3) is 6.55. The van der Waals surface area contributed by atoms with Crippen LogP contribution in [0.5, 0.6) is 0 Å². The van der Waals surface area contributed by atoms with E-state index >= 15 is 0 Å². The fraction of sp³-hybridized carbons (Fsp3) is 0.391. The number of carbonyl (C=O) groups is 2. The van der Waals surface area contributed by atoms with Crippen molar-refractivity contribution in [2.24, 2.45) is 0 Å². The molecule has 0 saturated heterocycles. The van der Waals surface area contributed by atoms with Gasteiger partial charge in [0.05, 0.1) is 11.9 Å². The first kappa shape index (κ1) is 24.4. The molecule has 7 nitrogen and oxygen atoms in total. The maximum atomic E-state index is 13.2. The van der Waals surface area contributed by atoms with E-state index in [0.29, 0.717) is 18.7 Å². The largest absolute Gasteiger partial charge is 0.357 e. The van der Waals surface area contributed by atoms with E-state index in [-0.39, 0.29) is 12.5 Å². The smallest absolute Gasteiger partial charge is 0.244 e. The number of hydrogen-bond acceptors (Lipinski definition) is 4. The van der Waals surface area contributed by atoms with Crippen molar-refractivity contribution in [3.8, 4) is 0 Å². The molecule has 0 heterocycles. The molecular formula is C23H31N3O4S. The van der Waals surface area contributed by atoms with Gasteiger partial charge in [0.1, 0.15) is 12.6 Å². The molecule has 1 N–H and O–H groups in total. The highest BCUT2D eigenvalue weighted by Gasteiger charge is 2.29. The maximum absolute atomic E-state index is 13.2. The molecule has 0 bridgehead atoms. The topological polar surface area (TPSA) is 86.8 Å². The highest BCUT2D eigenvalue weighted by atomic mass is 32.2. The monoisotopic (exact) mass is 445 g/mol. The Bertz CT molecular complexity index is 1020. The third-order valence-corrected chi connectivity index (χ3v) is 6.50. The first-order valence-electron chi connectivity index (χ1n) is 10.1. The summed E-state index contributed by atoms with van der Waals surface area (Å²) in [6.07, 6.45) is 1.63. The molecule has 168 valence electrons. The van der Waals surface area contributed by atoms with Crippen molar-refractivity contribution in [3.63, 3.8) is 0 Å². The lowest BCUT2D eigenvalue weighted by Gasteiger charge is -2.31. The van der Waals surface area contributed by atoms with Crippen LogP contribution in [-0.2, 0) is 26.0 Å². The Hall–Kier alpha value is -2.87. The molecule has 0 aromatic heterocycles. The van der Waals surface area contributed by atoms with Gasteiger partial charge in [-0.25, -0.2) is 8.42 Å². The summed E-state index contributed by atoms with van der Waals surface area (Å²) in [6.45, 7) is 5.38. The van der Waals surface area contributed by atoms with Crippen LogP contribution >= 0.6 is 0 Å². The van der Waals surface area contributed by atoms with Gasteiger partial charge in [-0.05, 0) is 56.0 Å². The van der Waals surface area contributed by atoms with Crippen LogP contribution in [-0.4, -0.2) is 57.6 Å². The van der Waals surface area contributed by atoms with Crippen molar-refractivity contribution < 1.29 is 18.0 Å². The molecule has 2 rings (SSSR count). The van der Waals surface area contributed by atoms with E-state index in [9.17, 15) is 18.0 Å². The summed E-state index contributed by atoms with van der Waals surface area (Å²) in [4.78, 5) is 27.0. The Morgan fingerprint density at radius 2 is 1.68 bits per heavy atom. The molecule has 0 spiro atoms. The van der Waals surface area contributed by atoms with Crippen molar-refractivity contribution in [2.45, 2.75) is 33.2 Å². The lowest BCUT2D eigenvalue weighted by molar-refractivity contribution is -0.138. The zero-order chi connectivity index (χ0) is 23.2. The third-order valence-electron chi connectivity index (χ3n) is 5.36. The second-order valence-corrected chi connectivity index (χ2v) is 9.56. The Labute approximate surface area is 185 Å². The van der Waals surface area contributed by atoms with Gasteiger partial charge in [0.25, 0.3) is 0 Å². The van der Waals surface area contributed by atoms with Crippen LogP contribution in [0.4, 0.5) is 5.69 Å². The van der Waals surface area contributed by atoms with Gasteiger partial charge < -0.3 is 10.2 Å². The van der Waals surface area contributed by atoms with Crippen molar-refractivity contribution in [1.82, 2.24) is 10.2 Å². The van der Waals surface area contributed by atoms with E-state index in [0.717, 1.165) is 27.3 Å². The molecule has 0 fully saturated rings. The molecule has 2 amide bonds. The van der Waals surface area contributed by atoms with Gasteiger partial charge in [0, 0.05) is 13.6 Å².